The standard InChI is InChI=1S/C9H22N3O2P.C3H8/c10-5-3-1-2-4-6-11-9(13)14-8-7-12-15;1-3-2/h12H,1-8,10,15H2,(H,11,13);3H2,1-2H3. The molecule has 0 aromatic rings. The zero-order chi connectivity index (χ0) is 14.1. The van der Waals surface area contributed by atoms with E-state index >= 15 is 0 Å². The second-order valence-electron chi connectivity index (χ2n) is 3.93. The minimum absolute atomic E-state index is 0.339. The highest BCUT2D eigenvalue weighted by Gasteiger charge is 1.99. The maximum Gasteiger partial charge on any atom is 0.407 e. The number of amides is 1. The summed E-state index contributed by atoms with van der Waals surface area (Å²) >= 11 is 0. The fourth-order valence-electron chi connectivity index (χ4n) is 1.07. The highest BCUT2D eigenvalue weighted by atomic mass is 31.0. The summed E-state index contributed by atoms with van der Waals surface area (Å²) in [5, 5.41) is 5.50. The molecule has 1 unspecified atom stereocenters. The van der Waals surface area contributed by atoms with Crippen molar-refractivity contribution in [2.45, 2.75) is 46.0 Å². The van der Waals surface area contributed by atoms with E-state index in [1.807, 2.05) is 0 Å². The van der Waals surface area contributed by atoms with Gasteiger partial charge in [-0.2, -0.15) is 0 Å². The van der Waals surface area contributed by atoms with Crippen molar-refractivity contribution in [3.63, 3.8) is 0 Å². The summed E-state index contributed by atoms with van der Waals surface area (Å²) in [6, 6.07) is 0. The largest absolute Gasteiger partial charge is 0.448 e. The average Bonchev–Trinajstić information content (AvgIpc) is 2.35. The molecule has 0 aliphatic heterocycles. The first kappa shape index (κ1) is 19.9. The van der Waals surface area contributed by atoms with Crippen LogP contribution in [0.25, 0.3) is 0 Å². The second-order valence-corrected chi connectivity index (χ2v) is 4.34. The number of rotatable bonds is 9. The minimum atomic E-state index is -0.339. The maximum absolute atomic E-state index is 11.0. The zero-order valence-electron chi connectivity index (χ0n) is 11.8. The third-order valence-electron chi connectivity index (χ3n) is 1.88. The number of nitrogens with two attached hydrogens (primary N) is 1. The lowest BCUT2D eigenvalue weighted by atomic mass is 10.2. The first-order valence-corrected chi connectivity index (χ1v) is 7.34. The first-order valence-electron chi connectivity index (χ1n) is 6.77. The lowest BCUT2D eigenvalue weighted by Gasteiger charge is -2.06. The van der Waals surface area contributed by atoms with Crippen LogP contribution in [-0.4, -0.2) is 32.3 Å². The van der Waals surface area contributed by atoms with Crippen LogP contribution in [0.5, 0.6) is 0 Å². The molecule has 0 fully saturated rings. The van der Waals surface area contributed by atoms with E-state index in [9.17, 15) is 4.79 Å². The Hall–Kier alpha value is -0.380. The number of carbonyl (C=O) groups excluding carboxylic acids is 1. The highest BCUT2D eigenvalue weighted by molar-refractivity contribution is 7.13. The summed E-state index contributed by atoms with van der Waals surface area (Å²) in [6.07, 6.45) is 5.19. The molecule has 0 saturated heterocycles. The van der Waals surface area contributed by atoms with E-state index in [-0.39, 0.29) is 6.09 Å². The normalized spacial score (nSPS) is 9.33. The molecule has 1 amide bonds. The van der Waals surface area contributed by atoms with Crippen molar-refractivity contribution >= 4 is 15.5 Å². The number of carbonyl (C=O) groups is 1. The van der Waals surface area contributed by atoms with Crippen LogP contribution in [-0.2, 0) is 4.74 Å². The van der Waals surface area contributed by atoms with Gasteiger partial charge in [0.05, 0.1) is 0 Å². The molecule has 0 rings (SSSR count). The van der Waals surface area contributed by atoms with E-state index in [0.717, 1.165) is 32.2 Å². The SMILES string of the molecule is CCC.NCCCCCCNC(=O)OCCNP. The highest BCUT2D eigenvalue weighted by Crippen LogP contribution is 1.96. The lowest BCUT2D eigenvalue weighted by molar-refractivity contribution is 0.148. The van der Waals surface area contributed by atoms with Gasteiger partial charge in [0.25, 0.3) is 0 Å². The van der Waals surface area contributed by atoms with E-state index in [4.69, 9.17) is 10.5 Å². The Morgan fingerprint density at radius 1 is 1.17 bits per heavy atom. The summed E-state index contributed by atoms with van der Waals surface area (Å²) in [5.74, 6) is 0. The van der Waals surface area contributed by atoms with E-state index in [2.05, 4.69) is 33.6 Å². The number of hydrogen-bond donors (Lipinski definition) is 3. The molecular formula is C12H30N3O2P. The summed E-state index contributed by atoms with van der Waals surface area (Å²) in [6.45, 7) is 6.71. The van der Waals surface area contributed by atoms with E-state index in [1.165, 1.54) is 6.42 Å². The van der Waals surface area contributed by atoms with Gasteiger partial charge in [-0.05, 0) is 19.4 Å². The molecule has 0 heterocycles. The molecule has 18 heavy (non-hydrogen) atoms. The second kappa shape index (κ2) is 19.0. The van der Waals surface area contributed by atoms with Gasteiger partial charge in [0.15, 0.2) is 0 Å². The predicted molar refractivity (Wildman–Crippen MR) is 80.6 cm³/mol. The van der Waals surface area contributed by atoms with Gasteiger partial charge in [-0.25, -0.2) is 4.79 Å². The molecule has 1 atom stereocenters. The summed E-state index contributed by atoms with van der Waals surface area (Å²) in [5.41, 5.74) is 5.36. The fourth-order valence-corrected chi connectivity index (χ4v) is 1.18. The lowest BCUT2D eigenvalue weighted by Crippen LogP contribution is -2.27. The van der Waals surface area contributed by atoms with Crippen LogP contribution in [0.2, 0.25) is 0 Å². The minimum Gasteiger partial charge on any atom is -0.448 e. The van der Waals surface area contributed by atoms with Crippen LogP contribution in [0.15, 0.2) is 0 Å². The Balaban J connectivity index is 0. The van der Waals surface area contributed by atoms with Crippen LogP contribution in [0.3, 0.4) is 0 Å². The van der Waals surface area contributed by atoms with E-state index in [1.54, 1.807) is 0 Å². The molecule has 0 bridgehead atoms. The van der Waals surface area contributed by atoms with Crippen molar-refractivity contribution in [1.82, 2.24) is 10.4 Å². The van der Waals surface area contributed by atoms with Gasteiger partial charge in [-0.15, -0.1) is 0 Å². The van der Waals surface area contributed by atoms with E-state index < -0.39 is 0 Å². The monoisotopic (exact) mass is 279 g/mol. The Morgan fingerprint density at radius 3 is 2.33 bits per heavy atom. The van der Waals surface area contributed by atoms with E-state index in [0.29, 0.717) is 19.7 Å². The summed E-state index contributed by atoms with van der Waals surface area (Å²) in [4.78, 5) is 11.0. The quantitative estimate of drug-likeness (QED) is 0.446. The third kappa shape index (κ3) is 21.0. The van der Waals surface area contributed by atoms with Gasteiger partial charge < -0.3 is 15.8 Å². The molecular weight excluding hydrogens is 249 g/mol. The number of nitrogens with one attached hydrogen (secondary N) is 2. The Morgan fingerprint density at radius 2 is 1.78 bits per heavy atom. The molecule has 0 aliphatic carbocycles. The zero-order valence-corrected chi connectivity index (χ0v) is 13.0. The Bertz CT molecular complexity index is 171. The molecule has 0 radical (unpaired) electrons. The van der Waals surface area contributed by atoms with Crippen LogP contribution in [0.1, 0.15) is 46.0 Å². The van der Waals surface area contributed by atoms with Crippen molar-refractivity contribution in [3.05, 3.63) is 0 Å². The van der Waals surface area contributed by atoms with Gasteiger partial charge >= 0.3 is 6.09 Å². The molecule has 110 valence electrons. The fraction of sp³-hybridized carbons (Fsp3) is 0.917. The van der Waals surface area contributed by atoms with Crippen molar-refractivity contribution in [2.75, 3.05) is 26.2 Å². The molecule has 4 N–H and O–H groups in total. The first-order chi connectivity index (χ1) is 8.72. The topological polar surface area (TPSA) is 76.4 Å². The average molecular weight is 279 g/mol. The van der Waals surface area contributed by atoms with Gasteiger partial charge in [-0.3, -0.25) is 5.09 Å². The van der Waals surface area contributed by atoms with Crippen molar-refractivity contribution in [1.29, 1.82) is 0 Å². The van der Waals surface area contributed by atoms with Crippen molar-refractivity contribution in [2.24, 2.45) is 5.73 Å². The number of ether oxygens (including phenoxy) is 1. The van der Waals surface area contributed by atoms with Crippen LogP contribution in [0.4, 0.5) is 4.79 Å². The Kier molecular flexibility index (Phi) is 21.0. The third-order valence-corrected chi connectivity index (χ3v) is 2.17. The van der Waals surface area contributed by atoms with Crippen molar-refractivity contribution in [3.8, 4) is 0 Å². The predicted octanol–water partition coefficient (Wildman–Crippen LogP) is 2.03. The molecule has 0 aliphatic rings. The molecule has 0 saturated carbocycles. The Labute approximate surface area is 114 Å². The molecule has 0 aromatic carbocycles. The smallest absolute Gasteiger partial charge is 0.407 e. The molecule has 0 aromatic heterocycles. The molecule has 5 nitrogen and oxygen atoms in total. The van der Waals surface area contributed by atoms with Gasteiger partial charge in [0.2, 0.25) is 0 Å². The number of alkyl carbamates (subject to hydrolysis) is 1. The summed E-state index contributed by atoms with van der Waals surface area (Å²) in [7, 11) is 2.35. The maximum atomic E-state index is 11.0. The van der Waals surface area contributed by atoms with Crippen molar-refractivity contribution < 1.29 is 9.53 Å². The number of hydrogen-bond acceptors (Lipinski definition) is 4. The van der Waals surface area contributed by atoms with Crippen LogP contribution >= 0.6 is 9.39 Å². The number of unbranched alkanes of at least 4 members (excludes halogenated alkanes) is 3. The van der Waals surface area contributed by atoms with Crippen LogP contribution < -0.4 is 16.1 Å². The summed E-state index contributed by atoms with van der Waals surface area (Å²) < 4.78 is 4.86. The molecule has 6 heteroatoms. The molecule has 0 spiro atoms. The van der Waals surface area contributed by atoms with Gasteiger partial charge in [-0.1, -0.05) is 42.5 Å². The van der Waals surface area contributed by atoms with Gasteiger partial charge in [0, 0.05) is 13.1 Å². The van der Waals surface area contributed by atoms with Crippen LogP contribution in [0, 0.1) is 0 Å². The van der Waals surface area contributed by atoms with Gasteiger partial charge in [0.1, 0.15) is 6.61 Å².